The number of aliphatic carboxylic acids is 1. The second-order valence-electron chi connectivity index (χ2n) is 7.88. The first-order chi connectivity index (χ1) is 12.0. The molecule has 1 heterocycles. The molecule has 3 aliphatic rings. The Morgan fingerprint density at radius 1 is 1.24 bits per heavy atom. The molecule has 0 aromatic heterocycles. The zero-order valence-electron chi connectivity index (χ0n) is 14.1. The molecule has 5 nitrogen and oxygen atoms in total. The van der Waals surface area contributed by atoms with E-state index in [9.17, 15) is 19.1 Å². The molecule has 1 aromatic carbocycles. The number of hydrogen-bond acceptors (Lipinski definition) is 2. The first-order valence-electron chi connectivity index (χ1n) is 8.97. The highest BCUT2D eigenvalue weighted by Crippen LogP contribution is 2.49. The number of carbonyl (C=O) groups is 2. The van der Waals surface area contributed by atoms with Crippen molar-refractivity contribution in [3.8, 4) is 0 Å². The summed E-state index contributed by atoms with van der Waals surface area (Å²) in [5.74, 6) is -0.954. The molecule has 134 valence electrons. The van der Waals surface area contributed by atoms with Crippen LogP contribution in [0.25, 0.3) is 0 Å². The summed E-state index contributed by atoms with van der Waals surface area (Å²) < 4.78 is 13.1. The van der Waals surface area contributed by atoms with Crippen LogP contribution >= 0.6 is 0 Å². The number of halogens is 1. The van der Waals surface area contributed by atoms with Crippen LogP contribution in [0.4, 0.5) is 9.18 Å². The van der Waals surface area contributed by atoms with Gasteiger partial charge in [-0.15, -0.1) is 0 Å². The van der Waals surface area contributed by atoms with Gasteiger partial charge in [-0.1, -0.05) is 18.6 Å². The molecule has 0 bridgehead atoms. The molecule has 2 aliphatic carbocycles. The molecule has 25 heavy (non-hydrogen) atoms. The van der Waals surface area contributed by atoms with Crippen molar-refractivity contribution in [3.05, 3.63) is 35.6 Å². The van der Waals surface area contributed by atoms with Crippen molar-refractivity contribution in [2.75, 3.05) is 19.6 Å². The fraction of sp³-hybridized carbons (Fsp3) is 0.579. The second-order valence-corrected chi connectivity index (χ2v) is 7.88. The Balaban J connectivity index is 1.39. The van der Waals surface area contributed by atoms with E-state index in [1.807, 2.05) is 0 Å². The number of carboxylic acid groups (broad SMARTS) is 1. The molecule has 0 unspecified atom stereocenters. The smallest absolute Gasteiger partial charge is 0.317 e. The molecule has 4 rings (SSSR count). The average molecular weight is 346 g/mol. The van der Waals surface area contributed by atoms with Gasteiger partial charge >= 0.3 is 12.0 Å². The zero-order valence-corrected chi connectivity index (χ0v) is 14.1. The van der Waals surface area contributed by atoms with Gasteiger partial charge in [-0.3, -0.25) is 4.79 Å². The van der Waals surface area contributed by atoms with Gasteiger partial charge in [0.05, 0.1) is 5.41 Å². The number of nitrogens with one attached hydrogen (secondary N) is 1. The Labute approximate surface area is 146 Å². The molecule has 1 saturated heterocycles. The van der Waals surface area contributed by atoms with Crippen LogP contribution < -0.4 is 5.32 Å². The number of benzene rings is 1. The van der Waals surface area contributed by atoms with Crippen LogP contribution in [0.15, 0.2) is 24.3 Å². The SMILES string of the molecule is O=C(NCC1(c2ccc(F)cc2)CC1)N1C[C@@H]2CCC[C@@]2(C(=O)O)C1. The van der Waals surface area contributed by atoms with E-state index < -0.39 is 11.4 Å². The van der Waals surface area contributed by atoms with Crippen molar-refractivity contribution in [2.24, 2.45) is 11.3 Å². The van der Waals surface area contributed by atoms with Crippen LogP contribution in [0, 0.1) is 17.2 Å². The summed E-state index contributed by atoms with van der Waals surface area (Å²) in [5, 5.41) is 12.6. The normalized spacial score (nSPS) is 29.3. The van der Waals surface area contributed by atoms with Crippen molar-refractivity contribution >= 4 is 12.0 Å². The Kier molecular flexibility index (Phi) is 3.74. The monoisotopic (exact) mass is 346 g/mol. The van der Waals surface area contributed by atoms with Gasteiger partial charge in [0, 0.05) is 25.0 Å². The van der Waals surface area contributed by atoms with Gasteiger partial charge in [0.25, 0.3) is 0 Å². The predicted octanol–water partition coefficient (Wildman–Crippen LogP) is 2.75. The van der Waals surface area contributed by atoms with Crippen LogP contribution in [0.3, 0.4) is 0 Å². The van der Waals surface area contributed by atoms with Crippen LogP contribution in [0.1, 0.15) is 37.7 Å². The molecular weight excluding hydrogens is 323 g/mol. The van der Waals surface area contributed by atoms with E-state index in [0.717, 1.165) is 31.2 Å². The number of carboxylic acids is 1. The number of fused-ring (bicyclic) bond motifs is 1. The average Bonchev–Trinajstić information content (AvgIpc) is 3.10. The van der Waals surface area contributed by atoms with Gasteiger partial charge in [-0.2, -0.15) is 0 Å². The highest BCUT2D eigenvalue weighted by atomic mass is 19.1. The lowest BCUT2D eigenvalue weighted by Crippen LogP contribution is -2.43. The minimum atomic E-state index is -0.768. The number of nitrogens with zero attached hydrogens (tertiary/aromatic N) is 1. The maximum absolute atomic E-state index is 13.1. The van der Waals surface area contributed by atoms with Gasteiger partial charge in [0.1, 0.15) is 5.82 Å². The predicted molar refractivity (Wildman–Crippen MR) is 89.7 cm³/mol. The van der Waals surface area contributed by atoms with Crippen LogP contribution in [-0.2, 0) is 10.2 Å². The van der Waals surface area contributed by atoms with E-state index in [0.29, 0.717) is 26.1 Å². The molecular formula is C19H23FN2O3. The highest BCUT2D eigenvalue weighted by molar-refractivity contribution is 5.80. The second kappa shape index (κ2) is 5.71. The molecule has 2 N–H and O–H groups in total. The molecule has 6 heteroatoms. The topological polar surface area (TPSA) is 69.6 Å². The van der Waals surface area contributed by atoms with Gasteiger partial charge in [-0.05, 0) is 49.3 Å². The number of carbonyl (C=O) groups excluding carboxylic acids is 1. The minimum Gasteiger partial charge on any atom is -0.481 e. The van der Waals surface area contributed by atoms with Gasteiger partial charge < -0.3 is 15.3 Å². The summed E-state index contributed by atoms with van der Waals surface area (Å²) in [6, 6.07) is 6.30. The minimum absolute atomic E-state index is 0.0720. The van der Waals surface area contributed by atoms with Crippen LogP contribution in [-0.4, -0.2) is 41.6 Å². The van der Waals surface area contributed by atoms with Gasteiger partial charge in [0.2, 0.25) is 0 Å². The molecule has 2 atom stereocenters. The molecule has 0 spiro atoms. The Morgan fingerprint density at radius 2 is 1.96 bits per heavy atom. The summed E-state index contributed by atoms with van der Waals surface area (Å²) in [4.78, 5) is 26.0. The number of hydrogen-bond donors (Lipinski definition) is 2. The molecule has 2 amide bonds. The van der Waals surface area contributed by atoms with E-state index in [1.54, 1.807) is 17.0 Å². The maximum Gasteiger partial charge on any atom is 0.317 e. The molecule has 2 saturated carbocycles. The molecule has 1 aliphatic heterocycles. The summed E-state index contributed by atoms with van der Waals surface area (Å²) in [6.07, 6.45) is 4.42. The van der Waals surface area contributed by atoms with E-state index in [2.05, 4.69) is 5.32 Å². The maximum atomic E-state index is 13.1. The van der Waals surface area contributed by atoms with E-state index in [4.69, 9.17) is 0 Å². The van der Waals surface area contributed by atoms with Crippen molar-refractivity contribution in [2.45, 2.75) is 37.5 Å². The third-order valence-electron chi connectivity index (χ3n) is 6.47. The Morgan fingerprint density at radius 3 is 2.56 bits per heavy atom. The molecule has 1 aromatic rings. The van der Waals surface area contributed by atoms with Crippen molar-refractivity contribution in [1.29, 1.82) is 0 Å². The largest absolute Gasteiger partial charge is 0.481 e. The third-order valence-corrected chi connectivity index (χ3v) is 6.47. The summed E-state index contributed by atoms with van der Waals surface area (Å²) in [7, 11) is 0. The first kappa shape index (κ1) is 16.4. The number of rotatable bonds is 4. The number of urea groups is 1. The van der Waals surface area contributed by atoms with E-state index >= 15 is 0 Å². The molecule has 0 radical (unpaired) electrons. The standard InChI is InChI=1S/C19H23FN2O3/c20-15-5-3-13(4-6-15)18(8-9-18)11-21-17(25)22-10-14-2-1-7-19(14,12-22)16(23)24/h3-6,14H,1-2,7-12H2,(H,21,25)(H,23,24)/t14-,19+/m0/s1. The first-order valence-corrected chi connectivity index (χ1v) is 8.97. The van der Waals surface area contributed by atoms with Gasteiger partial charge in [-0.25, -0.2) is 9.18 Å². The van der Waals surface area contributed by atoms with E-state index in [1.165, 1.54) is 12.1 Å². The lowest BCUT2D eigenvalue weighted by Gasteiger charge is -2.24. The fourth-order valence-electron chi connectivity index (χ4n) is 4.67. The fourth-order valence-corrected chi connectivity index (χ4v) is 4.67. The molecule has 3 fully saturated rings. The summed E-state index contributed by atoms with van der Waals surface area (Å²) in [6.45, 7) is 1.35. The number of likely N-dealkylation sites (tertiary alicyclic amines) is 1. The Bertz CT molecular complexity index is 701. The summed E-state index contributed by atoms with van der Waals surface area (Å²) in [5.41, 5.74) is 0.212. The third kappa shape index (κ3) is 2.68. The van der Waals surface area contributed by atoms with Crippen LogP contribution in [0.5, 0.6) is 0 Å². The van der Waals surface area contributed by atoms with Crippen molar-refractivity contribution in [1.82, 2.24) is 10.2 Å². The quantitative estimate of drug-likeness (QED) is 0.881. The lowest BCUT2D eigenvalue weighted by atomic mass is 9.81. The zero-order chi connectivity index (χ0) is 17.7. The van der Waals surface area contributed by atoms with E-state index in [-0.39, 0.29) is 23.2 Å². The van der Waals surface area contributed by atoms with Crippen molar-refractivity contribution in [3.63, 3.8) is 0 Å². The van der Waals surface area contributed by atoms with Crippen LogP contribution in [0.2, 0.25) is 0 Å². The lowest BCUT2D eigenvalue weighted by molar-refractivity contribution is -0.149. The summed E-state index contributed by atoms with van der Waals surface area (Å²) >= 11 is 0. The van der Waals surface area contributed by atoms with Crippen molar-refractivity contribution < 1.29 is 19.1 Å². The Hall–Kier alpha value is -2.11. The van der Waals surface area contributed by atoms with Gasteiger partial charge in [0.15, 0.2) is 0 Å². The highest BCUT2D eigenvalue weighted by Gasteiger charge is 2.56. The number of amides is 2.